The van der Waals surface area contributed by atoms with E-state index in [1.807, 2.05) is 19.1 Å². The van der Waals surface area contributed by atoms with Crippen molar-refractivity contribution in [2.24, 2.45) is 0 Å². The van der Waals surface area contributed by atoms with Gasteiger partial charge in [0.15, 0.2) is 5.57 Å². The van der Waals surface area contributed by atoms with Gasteiger partial charge in [-0.2, -0.15) is 15.8 Å². The Morgan fingerprint density at radius 1 is 1.21 bits per heavy atom. The number of aromatic nitrogens is 1. The number of benzene rings is 1. The topological polar surface area (TPSA) is 106 Å². The van der Waals surface area contributed by atoms with Crippen LogP contribution in [0.3, 0.4) is 0 Å². The number of hydrogen-bond acceptors (Lipinski definition) is 6. The molecule has 7 heteroatoms. The summed E-state index contributed by atoms with van der Waals surface area (Å²) in [5, 5.41) is 31.0. The summed E-state index contributed by atoms with van der Waals surface area (Å²) < 4.78 is 5.18. The number of pyridine rings is 1. The van der Waals surface area contributed by atoms with Crippen LogP contribution in [0.15, 0.2) is 29.5 Å². The van der Waals surface area contributed by atoms with Crippen LogP contribution in [0.1, 0.15) is 11.1 Å². The number of hydrogen-bond donors (Lipinski definition) is 1. The van der Waals surface area contributed by atoms with Crippen molar-refractivity contribution in [3.63, 3.8) is 0 Å². The summed E-state index contributed by atoms with van der Waals surface area (Å²) in [6.07, 6.45) is 0. The summed E-state index contributed by atoms with van der Waals surface area (Å²) in [6, 6.07) is 10.6. The van der Waals surface area contributed by atoms with Crippen LogP contribution in [0.25, 0.3) is 10.9 Å². The molecule has 1 heterocycles. The van der Waals surface area contributed by atoms with Crippen molar-refractivity contribution in [1.82, 2.24) is 4.98 Å². The standard InChI is InChI=1S/C17H12ClN5O/c1-10-3-13-11(9-24-2)4-17(18)23-15(13)5-14(10)22-16(8-21)12(6-19)7-20/h3-5,22H,9H2,1-2H3. The summed E-state index contributed by atoms with van der Waals surface area (Å²) >= 11 is 6.05. The van der Waals surface area contributed by atoms with E-state index in [2.05, 4.69) is 10.3 Å². The van der Waals surface area contributed by atoms with Crippen LogP contribution in [0.2, 0.25) is 5.15 Å². The molecule has 0 saturated heterocycles. The smallest absolute Gasteiger partial charge is 0.163 e. The minimum Gasteiger partial charge on any atom is -0.380 e. The molecule has 0 saturated carbocycles. The maximum Gasteiger partial charge on any atom is 0.163 e. The Morgan fingerprint density at radius 3 is 2.50 bits per heavy atom. The second kappa shape index (κ2) is 7.44. The summed E-state index contributed by atoms with van der Waals surface area (Å²) in [7, 11) is 1.60. The molecule has 24 heavy (non-hydrogen) atoms. The molecular formula is C17H12ClN5O. The third-order valence-electron chi connectivity index (χ3n) is 3.35. The van der Waals surface area contributed by atoms with Gasteiger partial charge in [-0.25, -0.2) is 4.98 Å². The van der Waals surface area contributed by atoms with Crippen molar-refractivity contribution in [3.05, 3.63) is 45.7 Å². The number of rotatable bonds is 4. The SMILES string of the molecule is COCc1cc(Cl)nc2cc(NC(C#N)=C(C#N)C#N)c(C)cc12. The van der Waals surface area contributed by atoms with Gasteiger partial charge in [0.1, 0.15) is 29.1 Å². The Bertz CT molecular complexity index is 944. The fourth-order valence-electron chi connectivity index (χ4n) is 2.24. The lowest BCUT2D eigenvalue weighted by Gasteiger charge is -2.12. The molecule has 2 aromatic rings. The van der Waals surface area contributed by atoms with E-state index in [0.29, 0.717) is 23.0 Å². The number of nitriles is 3. The molecule has 0 spiro atoms. The van der Waals surface area contributed by atoms with E-state index in [0.717, 1.165) is 16.5 Å². The molecule has 1 aromatic carbocycles. The van der Waals surface area contributed by atoms with Crippen molar-refractivity contribution in [2.45, 2.75) is 13.5 Å². The molecule has 0 aliphatic rings. The predicted octanol–water partition coefficient (Wildman–Crippen LogP) is 3.58. The number of aryl methyl sites for hydroxylation is 1. The molecule has 0 radical (unpaired) electrons. The Hall–Kier alpha value is -3.11. The van der Waals surface area contributed by atoms with Crippen LogP contribution in [-0.2, 0) is 11.3 Å². The Kier molecular flexibility index (Phi) is 5.35. The molecule has 6 nitrogen and oxygen atoms in total. The molecule has 0 aliphatic heterocycles. The Balaban J connectivity index is 2.61. The monoisotopic (exact) mass is 337 g/mol. The lowest BCUT2D eigenvalue weighted by atomic mass is 10.0. The maximum absolute atomic E-state index is 9.16. The molecule has 0 unspecified atom stereocenters. The first-order chi connectivity index (χ1) is 11.5. The van der Waals surface area contributed by atoms with Gasteiger partial charge in [-0.15, -0.1) is 0 Å². The molecule has 118 valence electrons. The molecule has 0 bridgehead atoms. The third kappa shape index (κ3) is 3.45. The van der Waals surface area contributed by atoms with Gasteiger partial charge in [0.2, 0.25) is 0 Å². The van der Waals surface area contributed by atoms with Crippen molar-refractivity contribution in [2.75, 3.05) is 12.4 Å². The summed E-state index contributed by atoms with van der Waals surface area (Å²) in [6.45, 7) is 2.24. The van der Waals surface area contributed by atoms with Gasteiger partial charge >= 0.3 is 0 Å². The van der Waals surface area contributed by atoms with E-state index in [1.54, 1.807) is 31.4 Å². The largest absolute Gasteiger partial charge is 0.380 e. The van der Waals surface area contributed by atoms with Crippen molar-refractivity contribution in [1.29, 1.82) is 15.8 Å². The zero-order chi connectivity index (χ0) is 17.7. The molecule has 0 amide bonds. The maximum atomic E-state index is 9.16. The van der Waals surface area contributed by atoms with E-state index in [-0.39, 0.29) is 11.3 Å². The number of methoxy groups -OCH3 is 1. The van der Waals surface area contributed by atoms with Crippen LogP contribution in [0.5, 0.6) is 0 Å². The van der Waals surface area contributed by atoms with Gasteiger partial charge in [0, 0.05) is 18.2 Å². The number of fused-ring (bicyclic) bond motifs is 1. The lowest BCUT2D eigenvalue weighted by molar-refractivity contribution is 0.186. The molecule has 0 fully saturated rings. The lowest BCUT2D eigenvalue weighted by Crippen LogP contribution is -2.03. The summed E-state index contributed by atoms with van der Waals surface area (Å²) in [5.41, 5.74) is 2.52. The summed E-state index contributed by atoms with van der Waals surface area (Å²) in [5.74, 6) is 0. The number of allylic oxidation sites excluding steroid dienone is 2. The van der Waals surface area contributed by atoms with E-state index in [4.69, 9.17) is 32.1 Å². The van der Waals surface area contributed by atoms with Gasteiger partial charge in [-0.1, -0.05) is 11.6 Å². The second-order valence-electron chi connectivity index (χ2n) is 4.93. The Labute approximate surface area is 144 Å². The minimum atomic E-state index is -0.281. The van der Waals surface area contributed by atoms with Crippen molar-refractivity contribution >= 4 is 28.2 Å². The van der Waals surface area contributed by atoms with Crippen molar-refractivity contribution in [3.8, 4) is 18.2 Å². The van der Waals surface area contributed by atoms with Crippen LogP contribution in [-0.4, -0.2) is 12.1 Å². The predicted molar refractivity (Wildman–Crippen MR) is 89.7 cm³/mol. The van der Waals surface area contributed by atoms with Gasteiger partial charge in [0.25, 0.3) is 0 Å². The highest BCUT2D eigenvalue weighted by molar-refractivity contribution is 6.30. The van der Waals surface area contributed by atoms with Gasteiger partial charge in [-0.05, 0) is 36.2 Å². The number of ether oxygens (including phenoxy) is 1. The zero-order valence-electron chi connectivity index (χ0n) is 13.0. The number of nitrogens with one attached hydrogen (secondary N) is 1. The molecule has 0 atom stereocenters. The van der Waals surface area contributed by atoms with Crippen LogP contribution < -0.4 is 5.32 Å². The molecular weight excluding hydrogens is 326 g/mol. The highest BCUT2D eigenvalue weighted by atomic mass is 35.5. The molecule has 1 N–H and O–H groups in total. The van der Waals surface area contributed by atoms with Crippen molar-refractivity contribution < 1.29 is 4.74 Å². The van der Waals surface area contributed by atoms with E-state index in [9.17, 15) is 0 Å². The van der Waals surface area contributed by atoms with Crippen LogP contribution in [0.4, 0.5) is 5.69 Å². The number of anilines is 1. The summed E-state index contributed by atoms with van der Waals surface area (Å²) in [4.78, 5) is 4.28. The first-order valence-electron chi connectivity index (χ1n) is 6.84. The van der Waals surface area contributed by atoms with Gasteiger partial charge < -0.3 is 10.1 Å². The van der Waals surface area contributed by atoms with E-state index in [1.165, 1.54) is 0 Å². The van der Waals surface area contributed by atoms with Gasteiger partial charge in [-0.3, -0.25) is 0 Å². The first-order valence-corrected chi connectivity index (χ1v) is 7.22. The number of nitrogens with zero attached hydrogens (tertiary/aromatic N) is 4. The highest BCUT2D eigenvalue weighted by Gasteiger charge is 2.12. The zero-order valence-corrected chi connectivity index (χ0v) is 13.8. The molecule has 1 aromatic heterocycles. The van der Waals surface area contributed by atoms with Gasteiger partial charge in [0.05, 0.1) is 12.1 Å². The highest BCUT2D eigenvalue weighted by Crippen LogP contribution is 2.28. The fraction of sp³-hybridized carbons (Fsp3) is 0.176. The van der Waals surface area contributed by atoms with E-state index >= 15 is 0 Å². The van der Waals surface area contributed by atoms with Crippen LogP contribution in [0, 0.1) is 40.9 Å². The first kappa shape index (κ1) is 17.2. The normalized spacial score (nSPS) is 9.67. The molecule has 2 rings (SSSR count). The molecule has 0 aliphatic carbocycles. The van der Waals surface area contributed by atoms with Crippen LogP contribution >= 0.6 is 11.6 Å². The quantitative estimate of drug-likeness (QED) is 0.675. The second-order valence-corrected chi connectivity index (χ2v) is 5.32. The average molecular weight is 338 g/mol. The number of halogens is 1. The average Bonchev–Trinajstić information content (AvgIpc) is 2.56. The third-order valence-corrected chi connectivity index (χ3v) is 3.55. The fourth-order valence-corrected chi connectivity index (χ4v) is 2.47. The Morgan fingerprint density at radius 2 is 1.92 bits per heavy atom. The minimum absolute atomic E-state index is 0.110. The van der Waals surface area contributed by atoms with E-state index < -0.39 is 0 Å².